The molecule has 2 aliphatic rings. The maximum atomic E-state index is 12.0. The number of carbonyl (C=O) groups excluding carboxylic acids is 1. The molecule has 21 heavy (non-hydrogen) atoms. The summed E-state index contributed by atoms with van der Waals surface area (Å²) in [5.41, 5.74) is 0. The number of hydrogen-bond acceptors (Lipinski definition) is 2. The summed E-state index contributed by atoms with van der Waals surface area (Å²) >= 11 is 0. The van der Waals surface area contributed by atoms with Crippen LogP contribution in [-0.4, -0.2) is 29.7 Å². The van der Waals surface area contributed by atoms with Crippen LogP contribution in [0.1, 0.15) is 58.3 Å². The second-order valence-corrected chi connectivity index (χ2v) is 6.71. The molecular formula is C16H28N2O3. The quantitative estimate of drug-likeness (QED) is 0.698. The van der Waals surface area contributed by atoms with Crippen molar-refractivity contribution in [2.24, 2.45) is 17.8 Å². The van der Waals surface area contributed by atoms with E-state index in [2.05, 4.69) is 17.6 Å². The Balaban J connectivity index is 1.80. The third-order valence-corrected chi connectivity index (χ3v) is 5.21. The van der Waals surface area contributed by atoms with Crippen LogP contribution in [0.15, 0.2) is 0 Å². The minimum Gasteiger partial charge on any atom is -0.481 e. The van der Waals surface area contributed by atoms with Gasteiger partial charge in [0.2, 0.25) is 0 Å². The van der Waals surface area contributed by atoms with Crippen LogP contribution in [0.3, 0.4) is 0 Å². The lowest BCUT2D eigenvalue weighted by molar-refractivity contribution is -0.142. The van der Waals surface area contributed by atoms with Crippen LogP contribution in [0.25, 0.3) is 0 Å². The highest BCUT2D eigenvalue weighted by Gasteiger charge is 2.31. The molecule has 4 unspecified atom stereocenters. The van der Waals surface area contributed by atoms with E-state index < -0.39 is 11.9 Å². The summed E-state index contributed by atoms with van der Waals surface area (Å²) in [6.07, 6.45) is 8.11. The molecule has 0 bridgehead atoms. The fourth-order valence-electron chi connectivity index (χ4n) is 3.74. The van der Waals surface area contributed by atoms with Crippen molar-refractivity contribution >= 4 is 12.0 Å². The average molecular weight is 296 g/mol. The zero-order valence-corrected chi connectivity index (χ0v) is 12.9. The molecule has 3 N–H and O–H groups in total. The van der Waals surface area contributed by atoms with E-state index in [9.17, 15) is 14.7 Å². The van der Waals surface area contributed by atoms with E-state index in [1.54, 1.807) is 0 Å². The molecule has 0 radical (unpaired) electrons. The van der Waals surface area contributed by atoms with Gasteiger partial charge < -0.3 is 15.7 Å². The van der Waals surface area contributed by atoms with Gasteiger partial charge in [0.1, 0.15) is 0 Å². The maximum absolute atomic E-state index is 12.0. The fraction of sp³-hybridized carbons (Fsp3) is 0.875. The van der Waals surface area contributed by atoms with Crippen LogP contribution in [0, 0.1) is 17.8 Å². The molecule has 0 aromatic carbocycles. The van der Waals surface area contributed by atoms with Crippen LogP contribution in [0.4, 0.5) is 4.79 Å². The molecule has 5 nitrogen and oxygen atoms in total. The SMILES string of the molecule is CC1CCCC1CNC(=O)NC1CCCCCC1C(=O)O. The normalized spacial score (nSPS) is 33.2. The number of aliphatic carboxylic acids is 1. The van der Waals surface area contributed by atoms with Crippen molar-refractivity contribution in [2.75, 3.05) is 6.54 Å². The molecule has 0 aromatic rings. The number of carboxylic acid groups (broad SMARTS) is 1. The lowest BCUT2D eigenvalue weighted by Gasteiger charge is -2.24. The van der Waals surface area contributed by atoms with Crippen molar-refractivity contribution < 1.29 is 14.7 Å². The fourth-order valence-corrected chi connectivity index (χ4v) is 3.74. The molecule has 2 aliphatic carbocycles. The van der Waals surface area contributed by atoms with Crippen LogP contribution in [0.5, 0.6) is 0 Å². The first-order valence-corrected chi connectivity index (χ1v) is 8.35. The van der Waals surface area contributed by atoms with Gasteiger partial charge in [-0.25, -0.2) is 4.79 Å². The monoisotopic (exact) mass is 296 g/mol. The number of amides is 2. The highest BCUT2D eigenvalue weighted by Crippen LogP contribution is 2.30. The van der Waals surface area contributed by atoms with E-state index in [4.69, 9.17) is 0 Å². The Labute approximate surface area is 126 Å². The summed E-state index contributed by atoms with van der Waals surface area (Å²) in [6, 6.07) is -0.432. The Morgan fingerprint density at radius 2 is 1.81 bits per heavy atom. The number of carbonyl (C=O) groups is 2. The molecule has 2 rings (SSSR count). The Kier molecular flexibility index (Phi) is 5.88. The second kappa shape index (κ2) is 7.66. The van der Waals surface area contributed by atoms with E-state index in [0.717, 1.165) is 25.7 Å². The molecule has 0 heterocycles. The maximum Gasteiger partial charge on any atom is 0.315 e. The number of nitrogens with one attached hydrogen (secondary N) is 2. The highest BCUT2D eigenvalue weighted by molar-refractivity contribution is 5.76. The van der Waals surface area contributed by atoms with E-state index in [1.807, 2.05) is 0 Å². The largest absolute Gasteiger partial charge is 0.481 e. The molecular weight excluding hydrogens is 268 g/mol. The van der Waals surface area contributed by atoms with Crippen LogP contribution < -0.4 is 10.6 Å². The number of carboxylic acids is 1. The van der Waals surface area contributed by atoms with Crippen molar-refractivity contribution in [3.05, 3.63) is 0 Å². The van der Waals surface area contributed by atoms with Crippen LogP contribution in [-0.2, 0) is 4.79 Å². The lowest BCUT2D eigenvalue weighted by Crippen LogP contribution is -2.48. The van der Waals surface area contributed by atoms with Gasteiger partial charge in [0.25, 0.3) is 0 Å². The zero-order valence-electron chi connectivity index (χ0n) is 12.9. The van der Waals surface area contributed by atoms with Crippen LogP contribution >= 0.6 is 0 Å². The molecule has 4 atom stereocenters. The Bertz CT molecular complexity index is 373. The lowest BCUT2D eigenvalue weighted by atomic mass is 9.95. The van der Waals surface area contributed by atoms with Crippen molar-refractivity contribution in [3.63, 3.8) is 0 Å². The molecule has 0 aromatic heterocycles. The average Bonchev–Trinajstić information content (AvgIpc) is 2.70. The van der Waals surface area contributed by atoms with E-state index in [0.29, 0.717) is 24.8 Å². The molecule has 5 heteroatoms. The van der Waals surface area contributed by atoms with Gasteiger partial charge in [-0.2, -0.15) is 0 Å². The molecule has 0 aliphatic heterocycles. The second-order valence-electron chi connectivity index (χ2n) is 6.71. The minimum absolute atomic E-state index is 0.202. The van der Waals surface area contributed by atoms with Gasteiger partial charge in [0.05, 0.1) is 5.92 Å². The van der Waals surface area contributed by atoms with E-state index >= 15 is 0 Å². The first-order valence-electron chi connectivity index (χ1n) is 8.35. The van der Waals surface area contributed by atoms with Gasteiger partial charge in [-0.1, -0.05) is 39.0 Å². The number of urea groups is 1. The summed E-state index contributed by atoms with van der Waals surface area (Å²) in [5.74, 6) is 0.0189. The summed E-state index contributed by atoms with van der Waals surface area (Å²) in [6.45, 7) is 2.94. The smallest absolute Gasteiger partial charge is 0.315 e. The molecule has 0 spiro atoms. The predicted molar refractivity (Wildman–Crippen MR) is 81.0 cm³/mol. The zero-order chi connectivity index (χ0) is 15.2. The Hall–Kier alpha value is -1.26. The third-order valence-electron chi connectivity index (χ3n) is 5.21. The van der Waals surface area contributed by atoms with Crippen molar-refractivity contribution in [3.8, 4) is 0 Å². The predicted octanol–water partition coefficient (Wildman–Crippen LogP) is 2.76. The van der Waals surface area contributed by atoms with Gasteiger partial charge in [-0.05, 0) is 31.1 Å². The van der Waals surface area contributed by atoms with Crippen molar-refractivity contribution in [1.29, 1.82) is 0 Å². The van der Waals surface area contributed by atoms with Crippen molar-refractivity contribution in [1.82, 2.24) is 10.6 Å². The third kappa shape index (κ3) is 4.61. The summed E-state index contributed by atoms with van der Waals surface area (Å²) in [4.78, 5) is 23.4. The number of hydrogen-bond donors (Lipinski definition) is 3. The van der Waals surface area contributed by atoms with Crippen LogP contribution in [0.2, 0.25) is 0 Å². The number of rotatable bonds is 4. The highest BCUT2D eigenvalue weighted by atomic mass is 16.4. The van der Waals surface area contributed by atoms with Gasteiger partial charge in [0.15, 0.2) is 0 Å². The molecule has 2 saturated carbocycles. The van der Waals surface area contributed by atoms with E-state index in [-0.39, 0.29) is 12.1 Å². The van der Waals surface area contributed by atoms with Gasteiger partial charge in [-0.15, -0.1) is 0 Å². The molecule has 2 amide bonds. The first kappa shape index (κ1) is 16.1. The van der Waals surface area contributed by atoms with Crippen molar-refractivity contribution in [2.45, 2.75) is 64.3 Å². The molecule has 2 fully saturated rings. The summed E-state index contributed by atoms with van der Waals surface area (Å²) in [5, 5.41) is 15.1. The standard InChI is InChI=1S/C16H28N2O3/c1-11-6-5-7-12(11)10-17-16(21)18-14-9-4-2-3-8-13(14)15(19)20/h11-14H,2-10H2,1H3,(H,19,20)(H2,17,18,21). The molecule has 0 saturated heterocycles. The Morgan fingerprint density at radius 3 is 2.48 bits per heavy atom. The minimum atomic E-state index is -0.786. The first-order chi connectivity index (χ1) is 10.1. The Morgan fingerprint density at radius 1 is 1.05 bits per heavy atom. The van der Waals surface area contributed by atoms with Gasteiger partial charge >= 0.3 is 12.0 Å². The molecule has 120 valence electrons. The summed E-state index contributed by atoms with van der Waals surface area (Å²) < 4.78 is 0. The van der Waals surface area contributed by atoms with E-state index in [1.165, 1.54) is 19.3 Å². The van der Waals surface area contributed by atoms with Gasteiger partial charge in [-0.3, -0.25) is 4.79 Å². The van der Waals surface area contributed by atoms with Gasteiger partial charge in [0, 0.05) is 12.6 Å². The summed E-state index contributed by atoms with van der Waals surface area (Å²) in [7, 11) is 0. The topological polar surface area (TPSA) is 78.4 Å².